The first-order valence-corrected chi connectivity index (χ1v) is 5.30. The Morgan fingerprint density at radius 2 is 1.94 bits per heavy atom. The first kappa shape index (κ1) is 15.9. The second-order valence-electron chi connectivity index (χ2n) is 3.08. The van der Waals surface area contributed by atoms with Gasteiger partial charge >= 0.3 is 5.97 Å². The summed E-state index contributed by atoms with van der Waals surface area (Å²) in [6.45, 7) is 2.66. The van der Waals surface area contributed by atoms with Crippen LogP contribution in [0, 0.1) is 0 Å². The van der Waals surface area contributed by atoms with E-state index < -0.39 is 5.97 Å². The van der Waals surface area contributed by atoms with E-state index in [1.165, 1.54) is 7.11 Å². The van der Waals surface area contributed by atoms with Crippen LogP contribution >= 0.6 is 0 Å². The maximum atomic E-state index is 11.2. The molecule has 1 N–H and O–H groups in total. The molecule has 0 heterocycles. The third-order valence-electron chi connectivity index (χ3n) is 2.00. The summed E-state index contributed by atoms with van der Waals surface area (Å²) in [6.07, 6.45) is 0. The molecule has 0 spiro atoms. The van der Waals surface area contributed by atoms with Crippen LogP contribution in [0.4, 0.5) is 5.69 Å². The zero-order chi connectivity index (χ0) is 13.8. The highest BCUT2D eigenvalue weighted by Crippen LogP contribution is 2.12. The van der Waals surface area contributed by atoms with Gasteiger partial charge in [-0.2, -0.15) is 4.89 Å². The smallest absolute Gasteiger partial charge is 0.361 e. The number of benzene rings is 1. The number of rotatable bonds is 5. The number of para-hydroxylation sites is 1. The van der Waals surface area contributed by atoms with Gasteiger partial charge in [0.25, 0.3) is 6.47 Å². The van der Waals surface area contributed by atoms with Crippen LogP contribution in [-0.4, -0.2) is 37.7 Å². The maximum Gasteiger partial charge on any atom is 0.361 e. The molecule has 0 amide bonds. The SMILES string of the molecule is CCN(CC(=O)OOC)c1ccccc1.O=CO. The molecule has 100 valence electrons. The molecular weight excluding hydrogens is 238 g/mol. The Labute approximate surface area is 106 Å². The highest BCUT2D eigenvalue weighted by atomic mass is 17.2. The van der Waals surface area contributed by atoms with Gasteiger partial charge in [0.2, 0.25) is 0 Å². The molecule has 0 atom stereocenters. The van der Waals surface area contributed by atoms with E-state index in [0.717, 1.165) is 12.2 Å². The highest BCUT2D eigenvalue weighted by Gasteiger charge is 2.10. The minimum Gasteiger partial charge on any atom is -0.483 e. The van der Waals surface area contributed by atoms with E-state index in [-0.39, 0.29) is 13.0 Å². The van der Waals surface area contributed by atoms with Crippen molar-refractivity contribution in [2.24, 2.45) is 0 Å². The minimum absolute atomic E-state index is 0.189. The predicted molar refractivity (Wildman–Crippen MR) is 66.1 cm³/mol. The molecule has 6 nitrogen and oxygen atoms in total. The van der Waals surface area contributed by atoms with Gasteiger partial charge in [-0.15, -0.1) is 0 Å². The van der Waals surface area contributed by atoms with Crippen molar-refractivity contribution >= 4 is 18.1 Å². The molecule has 0 saturated heterocycles. The van der Waals surface area contributed by atoms with Crippen LogP contribution in [0.3, 0.4) is 0 Å². The second-order valence-corrected chi connectivity index (χ2v) is 3.08. The highest BCUT2D eigenvalue weighted by molar-refractivity contribution is 5.75. The average molecular weight is 255 g/mol. The van der Waals surface area contributed by atoms with Gasteiger partial charge < -0.3 is 10.0 Å². The summed E-state index contributed by atoms with van der Waals surface area (Å²) in [6, 6.07) is 9.69. The van der Waals surface area contributed by atoms with Crippen molar-refractivity contribution in [3.63, 3.8) is 0 Å². The first-order valence-electron chi connectivity index (χ1n) is 5.30. The van der Waals surface area contributed by atoms with Gasteiger partial charge in [0.05, 0.1) is 7.11 Å². The van der Waals surface area contributed by atoms with Gasteiger partial charge in [-0.1, -0.05) is 18.2 Å². The van der Waals surface area contributed by atoms with Gasteiger partial charge in [-0.3, -0.25) is 9.68 Å². The summed E-state index contributed by atoms with van der Waals surface area (Å²) in [5.41, 5.74) is 0.994. The number of hydrogen-bond donors (Lipinski definition) is 1. The van der Waals surface area contributed by atoms with E-state index >= 15 is 0 Å². The van der Waals surface area contributed by atoms with Crippen LogP contribution < -0.4 is 4.90 Å². The summed E-state index contributed by atoms with van der Waals surface area (Å²) in [5, 5.41) is 6.89. The number of nitrogens with zero attached hydrogens (tertiary/aromatic N) is 1. The molecule has 1 rings (SSSR count). The van der Waals surface area contributed by atoms with Crippen molar-refractivity contribution in [2.75, 3.05) is 25.1 Å². The molecule has 1 aromatic rings. The van der Waals surface area contributed by atoms with Crippen molar-refractivity contribution in [3.05, 3.63) is 30.3 Å². The van der Waals surface area contributed by atoms with E-state index in [4.69, 9.17) is 9.90 Å². The predicted octanol–water partition coefficient (Wildman–Crippen LogP) is 1.32. The lowest BCUT2D eigenvalue weighted by atomic mass is 10.3. The number of hydrogen-bond acceptors (Lipinski definition) is 5. The van der Waals surface area contributed by atoms with Gasteiger partial charge in [0.1, 0.15) is 6.54 Å². The van der Waals surface area contributed by atoms with Crippen molar-refractivity contribution in [1.29, 1.82) is 0 Å². The Bertz CT molecular complexity index is 342. The third-order valence-corrected chi connectivity index (χ3v) is 2.00. The van der Waals surface area contributed by atoms with E-state index in [1.54, 1.807) is 0 Å². The molecule has 18 heavy (non-hydrogen) atoms. The van der Waals surface area contributed by atoms with Gasteiger partial charge in [0.15, 0.2) is 0 Å². The zero-order valence-electron chi connectivity index (χ0n) is 10.4. The number of carboxylic acid groups (broad SMARTS) is 1. The van der Waals surface area contributed by atoms with E-state index in [2.05, 4.69) is 9.78 Å². The molecular formula is C12H17NO5. The van der Waals surface area contributed by atoms with Crippen LogP contribution in [0.1, 0.15) is 6.92 Å². The van der Waals surface area contributed by atoms with Crippen LogP contribution in [0.15, 0.2) is 30.3 Å². The van der Waals surface area contributed by atoms with Gasteiger partial charge in [-0.25, -0.2) is 4.79 Å². The Morgan fingerprint density at radius 1 is 1.39 bits per heavy atom. The van der Waals surface area contributed by atoms with Gasteiger partial charge in [-0.05, 0) is 19.1 Å². The lowest BCUT2D eigenvalue weighted by Gasteiger charge is -2.21. The first-order chi connectivity index (χ1) is 8.69. The summed E-state index contributed by atoms with van der Waals surface area (Å²) in [4.78, 5) is 30.2. The van der Waals surface area contributed by atoms with Crippen LogP contribution in [-0.2, 0) is 19.4 Å². The second kappa shape index (κ2) is 10.1. The Hall–Kier alpha value is -2.08. The molecule has 0 saturated carbocycles. The molecule has 6 heteroatoms. The molecule has 1 aromatic carbocycles. The van der Waals surface area contributed by atoms with Crippen LogP contribution in [0.5, 0.6) is 0 Å². The van der Waals surface area contributed by atoms with E-state index in [1.807, 2.05) is 42.2 Å². The van der Waals surface area contributed by atoms with Crippen LogP contribution in [0.2, 0.25) is 0 Å². The van der Waals surface area contributed by atoms with Crippen molar-refractivity contribution in [3.8, 4) is 0 Å². The fourth-order valence-electron chi connectivity index (χ4n) is 1.30. The Morgan fingerprint density at radius 3 is 2.39 bits per heavy atom. The van der Waals surface area contributed by atoms with Crippen molar-refractivity contribution < 1.29 is 24.5 Å². The Balaban J connectivity index is 0.000000873. The van der Waals surface area contributed by atoms with Gasteiger partial charge in [0, 0.05) is 12.2 Å². The number of anilines is 1. The quantitative estimate of drug-likeness (QED) is 0.486. The molecule has 0 aliphatic carbocycles. The Kier molecular flexibility index (Phi) is 8.93. The molecule has 0 bridgehead atoms. The summed E-state index contributed by atoms with van der Waals surface area (Å²) in [7, 11) is 1.32. The molecule has 0 fully saturated rings. The summed E-state index contributed by atoms with van der Waals surface area (Å²) in [5.74, 6) is -0.400. The summed E-state index contributed by atoms with van der Waals surface area (Å²) < 4.78 is 0. The summed E-state index contributed by atoms with van der Waals surface area (Å²) >= 11 is 0. The molecule has 0 aliphatic rings. The monoisotopic (exact) mass is 255 g/mol. The standard InChI is InChI=1S/C11H15NO3.CH2O2/c1-3-12(9-11(13)15-14-2)10-7-5-4-6-8-10;2-1-3/h4-8H,3,9H2,1-2H3;1H,(H,2,3). The van der Waals surface area contributed by atoms with Crippen LogP contribution in [0.25, 0.3) is 0 Å². The number of carbonyl (C=O) groups is 2. The average Bonchev–Trinajstić information content (AvgIpc) is 2.38. The number of likely N-dealkylation sites (N-methyl/N-ethyl adjacent to an activating group) is 1. The van der Waals surface area contributed by atoms with E-state index in [0.29, 0.717) is 0 Å². The van der Waals surface area contributed by atoms with Crippen molar-refractivity contribution in [1.82, 2.24) is 0 Å². The fraction of sp³-hybridized carbons (Fsp3) is 0.333. The molecule has 0 radical (unpaired) electrons. The normalized spacial score (nSPS) is 8.78. The topological polar surface area (TPSA) is 76.1 Å². The molecule has 0 aliphatic heterocycles. The van der Waals surface area contributed by atoms with E-state index in [9.17, 15) is 4.79 Å². The lowest BCUT2D eigenvalue weighted by Crippen LogP contribution is -2.30. The maximum absolute atomic E-state index is 11.2. The number of carbonyl (C=O) groups excluding carboxylic acids is 1. The van der Waals surface area contributed by atoms with Crippen molar-refractivity contribution in [2.45, 2.75) is 6.92 Å². The minimum atomic E-state index is -0.400. The third kappa shape index (κ3) is 6.49. The zero-order valence-corrected chi connectivity index (χ0v) is 10.4. The fourth-order valence-corrected chi connectivity index (χ4v) is 1.30. The largest absolute Gasteiger partial charge is 0.483 e. The lowest BCUT2D eigenvalue weighted by molar-refractivity contribution is -0.253. The molecule has 0 unspecified atom stereocenters. The molecule has 0 aromatic heterocycles.